The van der Waals surface area contributed by atoms with Crippen LogP contribution in [0.5, 0.6) is 11.6 Å². The highest BCUT2D eigenvalue weighted by atomic mass is 19.1. The molecule has 13 heavy (non-hydrogen) atoms. The summed E-state index contributed by atoms with van der Waals surface area (Å²) in [6.45, 7) is 0. The standard InChI is InChI=1S/C9H8FNO2/c1-4-6-7(12-2)5-11-9(13-3)8(6)10/h1,5H,2-3H3. The minimum absolute atomic E-state index is 0.0225. The van der Waals surface area contributed by atoms with Gasteiger partial charge < -0.3 is 9.47 Å². The van der Waals surface area contributed by atoms with E-state index in [1.165, 1.54) is 20.4 Å². The van der Waals surface area contributed by atoms with Crippen molar-refractivity contribution < 1.29 is 13.9 Å². The molecule has 0 aliphatic carbocycles. The molecule has 0 fully saturated rings. The molecule has 3 nitrogen and oxygen atoms in total. The topological polar surface area (TPSA) is 31.4 Å². The fourth-order valence-corrected chi connectivity index (χ4v) is 0.885. The molecule has 0 saturated carbocycles. The second-order valence-corrected chi connectivity index (χ2v) is 2.17. The molecule has 0 amide bonds. The Kier molecular flexibility index (Phi) is 2.70. The minimum atomic E-state index is -0.677. The summed E-state index contributed by atoms with van der Waals surface area (Å²) >= 11 is 0. The number of hydrogen-bond acceptors (Lipinski definition) is 3. The van der Waals surface area contributed by atoms with Crippen LogP contribution >= 0.6 is 0 Å². The molecule has 0 atom stereocenters. The summed E-state index contributed by atoms with van der Waals surface area (Å²) in [5.74, 6) is 1.59. The van der Waals surface area contributed by atoms with Crippen molar-refractivity contribution in [3.8, 4) is 24.0 Å². The molecule has 4 heteroatoms. The largest absolute Gasteiger partial charge is 0.494 e. The predicted octanol–water partition coefficient (Wildman–Crippen LogP) is 1.22. The van der Waals surface area contributed by atoms with Gasteiger partial charge in [0.15, 0.2) is 5.75 Å². The van der Waals surface area contributed by atoms with Crippen LogP contribution in [0.25, 0.3) is 0 Å². The number of terminal acetylenes is 1. The normalized spacial score (nSPS) is 9.08. The second-order valence-electron chi connectivity index (χ2n) is 2.17. The van der Waals surface area contributed by atoms with Crippen LogP contribution in [-0.4, -0.2) is 19.2 Å². The van der Waals surface area contributed by atoms with Crippen molar-refractivity contribution in [3.05, 3.63) is 17.6 Å². The highest BCUT2D eigenvalue weighted by Crippen LogP contribution is 2.24. The lowest BCUT2D eigenvalue weighted by Crippen LogP contribution is -1.98. The third-order valence-electron chi connectivity index (χ3n) is 1.51. The summed E-state index contributed by atoms with van der Waals surface area (Å²) in [6.07, 6.45) is 6.41. The Bertz CT molecular complexity index is 357. The van der Waals surface area contributed by atoms with Gasteiger partial charge in [-0.15, -0.1) is 6.42 Å². The van der Waals surface area contributed by atoms with Crippen LogP contribution in [0.3, 0.4) is 0 Å². The number of aromatic nitrogens is 1. The number of ether oxygens (including phenoxy) is 2. The minimum Gasteiger partial charge on any atom is -0.494 e. The molecular weight excluding hydrogens is 173 g/mol. The predicted molar refractivity (Wildman–Crippen MR) is 45.2 cm³/mol. The average Bonchev–Trinajstić information content (AvgIpc) is 2.17. The lowest BCUT2D eigenvalue weighted by molar-refractivity contribution is 0.358. The Morgan fingerprint density at radius 2 is 2.15 bits per heavy atom. The van der Waals surface area contributed by atoms with Gasteiger partial charge >= 0.3 is 0 Å². The summed E-state index contributed by atoms with van der Waals surface area (Å²) < 4.78 is 22.8. The average molecular weight is 181 g/mol. The van der Waals surface area contributed by atoms with Crippen LogP contribution in [0.4, 0.5) is 4.39 Å². The molecule has 0 aliphatic rings. The third-order valence-corrected chi connectivity index (χ3v) is 1.51. The lowest BCUT2D eigenvalue weighted by Gasteiger charge is -2.06. The highest BCUT2D eigenvalue weighted by Gasteiger charge is 2.13. The Morgan fingerprint density at radius 1 is 1.46 bits per heavy atom. The zero-order valence-electron chi connectivity index (χ0n) is 7.30. The fraction of sp³-hybridized carbons (Fsp3) is 0.222. The van der Waals surface area contributed by atoms with Gasteiger partial charge in [0.25, 0.3) is 5.88 Å². The van der Waals surface area contributed by atoms with Gasteiger partial charge in [-0.25, -0.2) is 4.98 Å². The first kappa shape index (κ1) is 9.33. The third kappa shape index (κ3) is 1.54. The van der Waals surface area contributed by atoms with Crippen LogP contribution < -0.4 is 9.47 Å². The molecular formula is C9H8FNO2. The maximum Gasteiger partial charge on any atom is 0.251 e. The number of nitrogens with zero attached hydrogens (tertiary/aromatic N) is 1. The van der Waals surface area contributed by atoms with E-state index < -0.39 is 5.82 Å². The summed E-state index contributed by atoms with van der Waals surface area (Å²) in [7, 11) is 2.71. The van der Waals surface area contributed by atoms with Gasteiger partial charge in [-0.3, -0.25) is 0 Å². The number of rotatable bonds is 2. The molecule has 0 unspecified atom stereocenters. The first-order valence-electron chi connectivity index (χ1n) is 3.47. The van der Waals surface area contributed by atoms with E-state index in [1.54, 1.807) is 0 Å². The Balaban J connectivity index is 3.34. The molecule has 1 heterocycles. The molecule has 1 aromatic heterocycles. The summed E-state index contributed by atoms with van der Waals surface area (Å²) in [6, 6.07) is 0. The van der Waals surface area contributed by atoms with Crippen molar-refractivity contribution in [2.45, 2.75) is 0 Å². The van der Waals surface area contributed by atoms with Gasteiger partial charge in [0.05, 0.1) is 20.4 Å². The van der Waals surface area contributed by atoms with E-state index in [4.69, 9.17) is 11.2 Å². The number of pyridine rings is 1. The summed E-state index contributed by atoms with van der Waals surface area (Å²) in [5.41, 5.74) is 0.0225. The van der Waals surface area contributed by atoms with E-state index in [1.807, 2.05) is 0 Å². The smallest absolute Gasteiger partial charge is 0.251 e. The van der Waals surface area contributed by atoms with Crippen molar-refractivity contribution >= 4 is 0 Å². The van der Waals surface area contributed by atoms with Gasteiger partial charge in [0.1, 0.15) is 5.56 Å². The summed E-state index contributed by atoms with van der Waals surface area (Å²) in [5, 5.41) is 0. The number of halogens is 1. The first-order chi connectivity index (χ1) is 6.24. The Labute approximate surface area is 75.5 Å². The van der Waals surface area contributed by atoms with Crippen LogP contribution in [0, 0.1) is 18.2 Å². The molecule has 1 aromatic rings. The van der Waals surface area contributed by atoms with Crippen molar-refractivity contribution in [2.75, 3.05) is 14.2 Å². The molecule has 1 rings (SSSR count). The van der Waals surface area contributed by atoms with Gasteiger partial charge in [0.2, 0.25) is 5.82 Å². The van der Waals surface area contributed by atoms with Gasteiger partial charge in [-0.2, -0.15) is 4.39 Å². The van der Waals surface area contributed by atoms with Crippen LogP contribution in [-0.2, 0) is 0 Å². The van der Waals surface area contributed by atoms with Crippen molar-refractivity contribution in [3.63, 3.8) is 0 Å². The van der Waals surface area contributed by atoms with E-state index in [-0.39, 0.29) is 17.2 Å². The molecule has 0 bridgehead atoms. The van der Waals surface area contributed by atoms with Crippen molar-refractivity contribution in [1.29, 1.82) is 0 Å². The van der Waals surface area contributed by atoms with E-state index in [2.05, 4.69) is 15.6 Å². The van der Waals surface area contributed by atoms with E-state index >= 15 is 0 Å². The highest BCUT2D eigenvalue weighted by molar-refractivity contribution is 5.47. The zero-order valence-corrected chi connectivity index (χ0v) is 7.30. The second kappa shape index (κ2) is 3.76. The van der Waals surface area contributed by atoms with Gasteiger partial charge in [-0.1, -0.05) is 5.92 Å². The van der Waals surface area contributed by atoms with Gasteiger partial charge in [0, 0.05) is 0 Å². The molecule has 0 aromatic carbocycles. The lowest BCUT2D eigenvalue weighted by atomic mass is 10.2. The quantitative estimate of drug-likeness (QED) is 0.643. The first-order valence-corrected chi connectivity index (χ1v) is 3.47. The molecule has 0 N–H and O–H groups in total. The van der Waals surface area contributed by atoms with Crippen LogP contribution in [0.15, 0.2) is 6.20 Å². The van der Waals surface area contributed by atoms with Crippen molar-refractivity contribution in [1.82, 2.24) is 4.98 Å². The fourth-order valence-electron chi connectivity index (χ4n) is 0.885. The monoisotopic (exact) mass is 181 g/mol. The molecule has 0 saturated heterocycles. The molecule has 0 spiro atoms. The number of methoxy groups -OCH3 is 2. The van der Waals surface area contributed by atoms with E-state index in [0.717, 1.165) is 0 Å². The molecule has 0 aliphatic heterocycles. The number of hydrogen-bond donors (Lipinski definition) is 0. The summed E-state index contributed by atoms with van der Waals surface area (Å²) in [4.78, 5) is 3.66. The zero-order chi connectivity index (χ0) is 9.84. The maximum absolute atomic E-state index is 13.3. The molecule has 0 radical (unpaired) electrons. The SMILES string of the molecule is C#Cc1c(OC)cnc(OC)c1F. The van der Waals surface area contributed by atoms with E-state index in [0.29, 0.717) is 0 Å². The molecule has 68 valence electrons. The van der Waals surface area contributed by atoms with Crippen LogP contribution in [0.1, 0.15) is 5.56 Å². The van der Waals surface area contributed by atoms with Crippen LogP contribution in [0.2, 0.25) is 0 Å². The Morgan fingerprint density at radius 3 is 2.62 bits per heavy atom. The Hall–Kier alpha value is -1.76. The van der Waals surface area contributed by atoms with Gasteiger partial charge in [-0.05, 0) is 0 Å². The van der Waals surface area contributed by atoms with Crippen molar-refractivity contribution in [2.24, 2.45) is 0 Å². The van der Waals surface area contributed by atoms with E-state index in [9.17, 15) is 4.39 Å². The maximum atomic E-state index is 13.3.